The van der Waals surface area contributed by atoms with Crippen molar-refractivity contribution in [2.75, 3.05) is 23.7 Å². The van der Waals surface area contributed by atoms with Gasteiger partial charge in [0, 0.05) is 12.6 Å². The fraction of sp³-hybridized carbons (Fsp3) is 0.562. The van der Waals surface area contributed by atoms with Crippen LogP contribution < -0.4 is 9.62 Å². The number of anilines is 1. The van der Waals surface area contributed by atoms with Gasteiger partial charge in [-0.25, -0.2) is 17.2 Å². The number of nitrogens with zero attached hydrogens (tertiary/aromatic N) is 1. The van der Waals surface area contributed by atoms with E-state index in [1.165, 1.54) is 6.42 Å². The summed E-state index contributed by atoms with van der Waals surface area (Å²) in [6, 6.07) is 2.74. The number of halogens is 2. The van der Waals surface area contributed by atoms with Crippen LogP contribution in [-0.2, 0) is 14.8 Å². The summed E-state index contributed by atoms with van der Waals surface area (Å²) in [5.74, 6) is -2.29. The molecule has 0 heterocycles. The first-order valence-corrected chi connectivity index (χ1v) is 9.81. The average molecular weight is 360 g/mol. The first-order chi connectivity index (χ1) is 11.3. The fourth-order valence-corrected chi connectivity index (χ4v) is 3.72. The minimum Gasteiger partial charge on any atom is -0.354 e. The quantitative estimate of drug-likeness (QED) is 0.847. The molecule has 1 aliphatic rings. The number of carbonyl (C=O) groups is 1. The molecular weight excluding hydrogens is 338 g/mol. The Labute approximate surface area is 141 Å². The van der Waals surface area contributed by atoms with Gasteiger partial charge in [0.2, 0.25) is 15.9 Å². The number of hydrogen-bond donors (Lipinski definition) is 1. The Bertz CT molecular complexity index is 689. The third kappa shape index (κ3) is 5.15. The third-order valence-corrected chi connectivity index (χ3v) is 5.33. The van der Waals surface area contributed by atoms with Crippen LogP contribution in [-0.4, -0.2) is 33.7 Å². The van der Waals surface area contributed by atoms with Crippen molar-refractivity contribution >= 4 is 21.6 Å². The van der Waals surface area contributed by atoms with Gasteiger partial charge >= 0.3 is 0 Å². The second-order valence-corrected chi connectivity index (χ2v) is 8.08. The van der Waals surface area contributed by atoms with Crippen LogP contribution >= 0.6 is 0 Å². The molecule has 24 heavy (non-hydrogen) atoms. The Hall–Kier alpha value is -1.70. The highest BCUT2D eigenvalue weighted by atomic mass is 32.2. The number of sulfonamides is 1. The van der Waals surface area contributed by atoms with Gasteiger partial charge < -0.3 is 5.32 Å². The number of amides is 1. The Morgan fingerprint density at radius 3 is 2.46 bits per heavy atom. The Morgan fingerprint density at radius 1 is 1.21 bits per heavy atom. The van der Waals surface area contributed by atoms with Gasteiger partial charge in [0.05, 0.1) is 11.9 Å². The van der Waals surface area contributed by atoms with Crippen LogP contribution in [0.5, 0.6) is 0 Å². The molecular formula is C16H22F2N2O3S. The van der Waals surface area contributed by atoms with Gasteiger partial charge in [-0.2, -0.15) is 0 Å². The third-order valence-electron chi connectivity index (χ3n) is 4.19. The van der Waals surface area contributed by atoms with Crippen molar-refractivity contribution in [2.24, 2.45) is 5.92 Å². The lowest BCUT2D eigenvalue weighted by molar-refractivity contribution is -0.119. The fourth-order valence-electron chi connectivity index (χ4n) is 2.88. The van der Waals surface area contributed by atoms with E-state index >= 15 is 0 Å². The average Bonchev–Trinajstić information content (AvgIpc) is 2.53. The SMILES string of the molecule is CS(=O)(=O)N(CC(=O)NCC1CCCCC1)c1ccc(F)c(F)c1. The highest BCUT2D eigenvalue weighted by molar-refractivity contribution is 7.92. The van der Waals surface area contributed by atoms with Crippen LogP contribution in [0.15, 0.2) is 18.2 Å². The summed E-state index contributed by atoms with van der Waals surface area (Å²) in [5, 5.41) is 2.74. The summed E-state index contributed by atoms with van der Waals surface area (Å²) in [5.41, 5.74) is -0.0794. The minimum atomic E-state index is -3.80. The highest BCUT2D eigenvalue weighted by Crippen LogP contribution is 2.23. The minimum absolute atomic E-state index is 0.0794. The van der Waals surface area contributed by atoms with Crippen LogP contribution in [0, 0.1) is 17.6 Å². The molecule has 0 aromatic heterocycles. The van der Waals surface area contributed by atoms with Gasteiger partial charge in [0.25, 0.3) is 0 Å². The van der Waals surface area contributed by atoms with E-state index < -0.39 is 34.1 Å². The van der Waals surface area contributed by atoms with Gasteiger partial charge in [-0.05, 0) is 30.9 Å². The lowest BCUT2D eigenvalue weighted by Crippen LogP contribution is -2.42. The second kappa shape index (κ2) is 7.92. The van der Waals surface area contributed by atoms with E-state index in [1.807, 2.05) is 0 Å². The molecule has 1 aromatic rings. The maximum absolute atomic E-state index is 13.4. The summed E-state index contributed by atoms with van der Waals surface area (Å²) in [6.45, 7) is 0.0465. The maximum Gasteiger partial charge on any atom is 0.240 e. The molecule has 0 spiro atoms. The first-order valence-electron chi connectivity index (χ1n) is 7.97. The molecule has 134 valence electrons. The van der Waals surface area contributed by atoms with Gasteiger partial charge in [0.1, 0.15) is 6.54 Å². The Morgan fingerprint density at radius 2 is 1.88 bits per heavy atom. The molecule has 1 saturated carbocycles. The summed E-state index contributed by atoms with van der Waals surface area (Å²) >= 11 is 0. The predicted molar refractivity (Wildman–Crippen MR) is 88.1 cm³/mol. The molecule has 0 radical (unpaired) electrons. The summed E-state index contributed by atoms with van der Waals surface area (Å²) in [6.07, 6.45) is 6.53. The van der Waals surface area contributed by atoms with Gasteiger partial charge in [0.15, 0.2) is 11.6 Å². The van der Waals surface area contributed by atoms with E-state index in [1.54, 1.807) is 0 Å². The van der Waals surface area contributed by atoms with Crippen LogP contribution in [0.2, 0.25) is 0 Å². The maximum atomic E-state index is 13.4. The van der Waals surface area contributed by atoms with Crippen molar-refractivity contribution in [2.45, 2.75) is 32.1 Å². The smallest absolute Gasteiger partial charge is 0.240 e. The molecule has 8 heteroatoms. The number of rotatable bonds is 6. The molecule has 1 amide bonds. The molecule has 0 saturated heterocycles. The van der Waals surface area contributed by atoms with Gasteiger partial charge in [-0.3, -0.25) is 9.10 Å². The lowest BCUT2D eigenvalue weighted by atomic mass is 9.89. The van der Waals surface area contributed by atoms with Crippen LogP contribution in [0.4, 0.5) is 14.5 Å². The molecule has 0 atom stereocenters. The van der Waals surface area contributed by atoms with E-state index in [2.05, 4.69) is 5.32 Å². The van der Waals surface area contributed by atoms with Gasteiger partial charge in [-0.1, -0.05) is 19.3 Å². The Kier molecular flexibility index (Phi) is 6.15. The largest absolute Gasteiger partial charge is 0.354 e. The zero-order valence-electron chi connectivity index (χ0n) is 13.6. The van der Waals surface area contributed by atoms with E-state index in [9.17, 15) is 22.0 Å². The number of nitrogens with one attached hydrogen (secondary N) is 1. The normalized spacial score (nSPS) is 16.0. The second-order valence-electron chi connectivity index (χ2n) is 6.18. The van der Waals surface area contributed by atoms with Crippen molar-refractivity contribution in [3.63, 3.8) is 0 Å². The van der Waals surface area contributed by atoms with Crippen molar-refractivity contribution in [3.05, 3.63) is 29.8 Å². The van der Waals surface area contributed by atoms with Crippen molar-refractivity contribution in [1.82, 2.24) is 5.32 Å². The van der Waals surface area contributed by atoms with Crippen molar-refractivity contribution in [1.29, 1.82) is 0 Å². The standard InChI is InChI=1S/C16H22F2N2O3S/c1-24(22,23)20(13-7-8-14(17)15(18)9-13)11-16(21)19-10-12-5-3-2-4-6-12/h7-9,12H,2-6,10-11H2,1H3,(H,19,21). The zero-order valence-corrected chi connectivity index (χ0v) is 14.4. The molecule has 5 nitrogen and oxygen atoms in total. The molecule has 0 unspecified atom stereocenters. The number of benzene rings is 1. The molecule has 1 aliphatic carbocycles. The molecule has 1 aromatic carbocycles. The summed E-state index contributed by atoms with van der Waals surface area (Å²) in [7, 11) is -3.80. The predicted octanol–water partition coefficient (Wildman–Crippen LogP) is 2.43. The van der Waals surface area contributed by atoms with Crippen molar-refractivity contribution < 1.29 is 22.0 Å². The highest BCUT2D eigenvalue weighted by Gasteiger charge is 2.22. The van der Waals surface area contributed by atoms with E-state index in [0.717, 1.165) is 54.4 Å². The van der Waals surface area contributed by atoms with Crippen LogP contribution in [0.3, 0.4) is 0 Å². The van der Waals surface area contributed by atoms with E-state index in [-0.39, 0.29) is 5.69 Å². The molecule has 1 fully saturated rings. The lowest BCUT2D eigenvalue weighted by Gasteiger charge is -2.24. The van der Waals surface area contributed by atoms with E-state index in [0.29, 0.717) is 12.5 Å². The van der Waals surface area contributed by atoms with Gasteiger partial charge in [-0.15, -0.1) is 0 Å². The zero-order chi connectivity index (χ0) is 17.7. The van der Waals surface area contributed by atoms with E-state index in [4.69, 9.17) is 0 Å². The van der Waals surface area contributed by atoms with Crippen molar-refractivity contribution in [3.8, 4) is 0 Å². The van der Waals surface area contributed by atoms with Crippen LogP contribution in [0.25, 0.3) is 0 Å². The summed E-state index contributed by atoms with van der Waals surface area (Å²) < 4.78 is 51.0. The number of carbonyl (C=O) groups excluding carboxylic acids is 1. The molecule has 0 bridgehead atoms. The molecule has 2 rings (SSSR count). The monoisotopic (exact) mass is 360 g/mol. The Balaban J connectivity index is 2.03. The first kappa shape index (κ1) is 18.6. The summed E-state index contributed by atoms with van der Waals surface area (Å²) in [4.78, 5) is 12.1. The topological polar surface area (TPSA) is 66.5 Å². The molecule has 0 aliphatic heterocycles. The number of hydrogen-bond acceptors (Lipinski definition) is 3. The molecule has 1 N–H and O–H groups in total. The van der Waals surface area contributed by atoms with Crippen LogP contribution in [0.1, 0.15) is 32.1 Å².